The number of hydrogen-bond acceptors (Lipinski definition) is 9. The van der Waals surface area contributed by atoms with Crippen molar-refractivity contribution in [1.29, 1.82) is 0 Å². The van der Waals surface area contributed by atoms with Crippen LogP contribution in [0.25, 0.3) is 10.9 Å². The van der Waals surface area contributed by atoms with Gasteiger partial charge < -0.3 is 24.3 Å². The van der Waals surface area contributed by atoms with Crippen molar-refractivity contribution in [2.24, 2.45) is 0 Å². The molecule has 192 valence electrons. The smallest absolute Gasteiger partial charge is 0.318 e. The van der Waals surface area contributed by atoms with E-state index >= 15 is 0 Å². The number of nitrogens with one attached hydrogen (secondary N) is 1. The molecule has 2 amide bonds. The number of rotatable bonds is 9. The highest BCUT2D eigenvalue weighted by Crippen LogP contribution is 2.36. The Morgan fingerprint density at radius 3 is 2.44 bits per heavy atom. The largest absolute Gasteiger partial charge is 0.493 e. The van der Waals surface area contributed by atoms with Crippen molar-refractivity contribution < 1.29 is 32.9 Å². The molecule has 4 rings (SSSR count). The molecule has 10 nitrogen and oxygen atoms in total. The maximum atomic E-state index is 14.5. The molecule has 3 aromatic rings. The molecular formula is C23H23Cl2FN4O6. The number of anilines is 2. The molecule has 1 aliphatic heterocycles. The molecule has 1 aliphatic rings. The van der Waals surface area contributed by atoms with Gasteiger partial charge in [0.25, 0.3) is 11.8 Å². The number of benzene rings is 2. The number of carbonyl (C=O) groups excluding carboxylic acids is 2. The quantitative estimate of drug-likeness (QED) is 0.320. The van der Waals surface area contributed by atoms with Gasteiger partial charge in [0, 0.05) is 23.0 Å². The van der Waals surface area contributed by atoms with Crippen LogP contribution in [0.5, 0.6) is 17.5 Å². The van der Waals surface area contributed by atoms with Gasteiger partial charge in [0.2, 0.25) is 0 Å². The van der Waals surface area contributed by atoms with Gasteiger partial charge in [-0.1, -0.05) is 11.6 Å². The van der Waals surface area contributed by atoms with Crippen molar-refractivity contribution in [2.75, 3.05) is 45.9 Å². The van der Waals surface area contributed by atoms with Crippen molar-refractivity contribution in [2.45, 2.75) is 6.42 Å². The van der Waals surface area contributed by atoms with Gasteiger partial charge in [0.05, 0.1) is 32.0 Å². The Balaban J connectivity index is 0.00000361. The van der Waals surface area contributed by atoms with Gasteiger partial charge in [0.15, 0.2) is 11.5 Å². The van der Waals surface area contributed by atoms with Gasteiger partial charge in [0.1, 0.15) is 24.8 Å². The van der Waals surface area contributed by atoms with Crippen LogP contribution in [0, 0.1) is 5.82 Å². The zero-order valence-corrected chi connectivity index (χ0v) is 21.0. The van der Waals surface area contributed by atoms with E-state index in [0.29, 0.717) is 28.8 Å². The van der Waals surface area contributed by atoms with E-state index in [1.54, 1.807) is 18.2 Å². The van der Waals surface area contributed by atoms with E-state index in [4.69, 9.17) is 30.5 Å². The molecule has 2 aromatic carbocycles. The normalized spacial score (nSPS) is 13.4. The maximum Gasteiger partial charge on any atom is 0.318 e. The molecule has 0 bridgehead atoms. The molecular weight excluding hydrogens is 518 g/mol. The van der Waals surface area contributed by atoms with Crippen LogP contribution in [0.3, 0.4) is 0 Å². The number of nitrogens with zero attached hydrogens (tertiary/aromatic N) is 3. The molecule has 13 heteroatoms. The highest BCUT2D eigenvalue weighted by Gasteiger charge is 2.26. The second-order valence-corrected chi connectivity index (χ2v) is 7.90. The van der Waals surface area contributed by atoms with E-state index in [1.165, 1.54) is 26.4 Å². The zero-order valence-electron chi connectivity index (χ0n) is 19.4. The first-order valence-electron chi connectivity index (χ1n) is 10.6. The molecule has 36 heavy (non-hydrogen) atoms. The van der Waals surface area contributed by atoms with E-state index < -0.39 is 5.82 Å². The van der Waals surface area contributed by atoms with Crippen molar-refractivity contribution in [3.8, 4) is 17.5 Å². The number of amides is 2. The summed E-state index contributed by atoms with van der Waals surface area (Å²) >= 11 is 5.86. The van der Waals surface area contributed by atoms with Crippen molar-refractivity contribution in [1.82, 2.24) is 14.9 Å². The summed E-state index contributed by atoms with van der Waals surface area (Å²) < 4.78 is 35.8. The Labute approximate surface area is 217 Å². The van der Waals surface area contributed by atoms with Crippen molar-refractivity contribution in [3.63, 3.8) is 0 Å². The summed E-state index contributed by atoms with van der Waals surface area (Å²) in [5.41, 5.74) is 0.613. The van der Waals surface area contributed by atoms with Crippen LogP contribution in [-0.2, 0) is 14.3 Å². The first kappa shape index (κ1) is 27.2. The maximum absolute atomic E-state index is 14.5. The van der Waals surface area contributed by atoms with E-state index in [0.717, 1.165) is 4.90 Å². The number of fused-ring (bicyclic) bond motifs is 1. The number of hydrogen-bond donors (Lipinski definition) is 1. The summed E-state index contributed by atoms with van der Waals surface area (Å²) in [6.07, 6.45) is 0.361. The van der Waals surface area contributed by atoms with Gasteiger partial charge in [-0.2, -0.15) is 9.97 Å². The summed E-state index contributed by atoms with van der Waals surface area (Å²) in [5, 5.41) is 3.75. The summed E-state index contributed by atoms with van der Waals surface area (Å²) in [6.45, 7) is 0.0656. The number of ether oxygens (including phenoxy) is 4. The van der Waals surface area contributed by atoms with Gasteiger partial charge in [-0.3, -0.25) is 14.5 Å². The van der Waals surface area contributed by atoms with Gasteiger partial charge in [-0.25, -0.2) is 4.39 Å². The van der Waals surface area contributed by atoms with Crippen LogP contribution in [0.1, 0.15) is 6.42 Å². The third-order valence-electron chi connectivity index (χ3n) is 5.18. The summed E-state index contributed by atoms with van der Waals surface area (Å²) in [4.78, 5) is 33.6. The fourth-order valence-electron chi connectivity index (χ4n) is 3.47. The number of aromatic nitrogens is 2. The highest BCUT2D eigenvalue weighted by atomic mass is 35.5. The lowest BCUT2D eigenvalue weighted by atomic mass is 10.2. The lowest BCUT2D eigenvalue weighted by Gasteiger charge is -2.24. The minimum absolute atomic E-state index is 0. The number of morpholine rings is 1. The monoisotopic (exact) mass is 540 g/mol. The van der Waals surface area contributed by atoms with E-state index in [9.17, 15) is 14.0 Å². The number of imide groups is 1. The minimum atomic E-state index is -0.563. The van der Waals surface area contributed by atoms with Crippen molar-refractivity contribution in [3.05, 3.63) is 41.2 Å². The molecule has 0 radical (unpaired) electrons. The van der Waals surface area contributed by atoms with Crippen molar-refractivity contribution >= 4 is 58.2 Å². The Morgan fingerprint density at radius 1 is 1.08 bits per heavy atom. The second kappa shape index (κ2) is 12.0. The molecule has 1 aromatic heterocycles. The lowest BCUT2D eigenvalue weighted by Crippen LogP contribution is -2.46. The van der Waals surface area contributed by atoms with Gasteiger partial charge in [-0.05, 0) is 30.7 Å². The molecule has 0 saturated carbocycles. The van der Waals surface area contributed by atoms with Crippen LogP contribution in [0.2, 0.25) is 5.02 Å². The molecule has 1 N–H and O–H groups in total. The fraction of sp³-hybridized carbons (Fsp3) is 0.304. The predicted octanol–water partition coefficient (Wildman–Crippen LogP) is 3.76. The predicted molar refractivity (Wildman–Crippen MR) is 132 cm³/mol. The molecule has 1 fully saturated rings. The third kappa shape index (κ3) is 6.04. The Bertz CT molecular complexity index is 1260. The standard InChI is InChI=1S/C23H22ClFN4O6.ClH/c1-32-18-9-14-17(10-19(18)33-2)27-23(28-22(14)26-16-5-4-13(24)8-15(16)25)35-7-3-6-29-20(30)11-34-12-21(29)31;/h4-5,8-10H,3,6-7,11-12H2,1-2H3,(H,26,27,28);1H. The van der Waals surface area contributed by atoms with Gasteiger partial charge >= 0.3 is 6.01 Å². The number of methoxy groups -OCH3 is 2. The van der Waals surface area contributed by atoms with E-state index in [2.05, 4.69) is 15.3 Å². The van der Waals surface area contributed by atoms with Crippen LogP contribution in [-0.4, -0.2) is 67.3 Å². The first-order valence-corrected chi connectivity index (χ1v) is 11.0. The topological polar surface area (TPSA) is 112 Å². The summed E-state index contributed by atoms with van der Waals surface area (Å²) in [6, 6.07) is 7.55. The average Bonchev–Trinajstić information content (AvgIpc) is 2.84. The molecule has 2 heterocycles. The Morgan fingerprint density at radius 2 is 1.78 bits per heavy atom. The highest BCUT2D eigenvalue weighted by molar-refractivity contribution is 6.30. The lowest BCUT2D eigenvalue weighted by molar-refractivity contribution is -0.158. The SMILES string of the molecule is COc1cc2nc(OCCCN3C(=O)COCC3=O)nc(Nc3ccc(Cl)cc3F)c2cc1OC.Cl. The minimum Gasteiger partial charge on any atom is -0.493 e. The third-order valence-corrected chi connectivity index (χ3v) is 5.41. The Kier molecular flexibility index (Phi) is 9.08. The first-order chi connectivity index (χ1) is 16.9. The average molecular weight is 541 g/mol. The molecule has 0 atom stereocenters. The second-order valence-electron chi connectivity index (χ2n) is 7.46. The van der Waals surface area contributed by atoms with Gasteiger partial charge in [-0.15, -0.1) is 12.4 Å². The van der Waals surface area contributed by atoms with Crippen LogP contribution in [0.15, 0.2) is 30.3 Å². The molecule has 0 unspecified atom stereocenters. The zero-order chi connectivity index (χ0) is 24.9. The molecule has 1 saturated heterocycles. The number of carbonyl (C=O) groups is 2. The van der Waals surface area contributed by atoms with E-state index in [1.807, 2.05) is 0 Å². The van der Waals surface area contributed by atoms with Crippen LogP contribution < -0.4 is 19.5 Å². The number of halogens is 3. The van der Waals surface area contributed by atoms with Crippen LogP contribution in [0.4, 0.5) is 15.9 Å². The fourth-order valence-corrected chi connectivity index (χ4v) is 3.63. The Hall–Kier alpha value is -3.41. The molecule has 0 spiro atoms. The molecule has 0 aliphatic carbocycles. The van der Waals surface area contributed by atoms with Crippen LogP contribution >= 0.6 is 24.0 Å². The summed E-state index contributed by atoms with van der Waals surface area (Å²) in [7, 11) is 3.00. The van der Waals surface area contributed by atoms with E-state index in [-0.39, 0.29) is 73.1 Å². The summed E-state index contributed by atoms with van der Waals surface area (Å²) in [5.74, 6) is -0.187.